The molecule has 0 aliphatic heterocycles. The molecule has 1 fully saturated rings. The first-order chi connectivity index (χ1) is 12.5. The predicted molar refractivity (Wildman–Crippen MR) is 102 cm³/mol. The number of hydrogen-bond acceptors (Lipinski definition) is 4. The Balaban J connectivity index is 1.97. The van der Waals surface area contributed by atoms with E-state index in [2.05, 4.69) is 16.0 Å². The number of sulfonamides is 1. The van der Waals surface area contributed by atoms with Crippen LogP contribution in [0.25, 0.3) is 11.1 Å². The largest absolute Gasteiger partial charge is 0.277 e. The van der Waals surface area contributed by atoms with Crippen LogP contribution in [-0.2, 0) is 10.0 Å². The second-order valence-corrected chi connectivity index (χ2v) is 8.15. The monoisotopic (exact) mass is 367 g/mol. The summed E-state index contributed by atoms with van der Waals surface area (Å²) in [5.41, 5.74) is 3.76. The number of nitriles is 1. The molecule has 0 unspecified atom stereocenters. The summed E-state index contributed by atoms with van der Waals surface area (Å²) in [7, 11) is -3.77. The van der Waals surface area contributed by atoms with Gasteiger partial charge < -0.3 is 0 Å². The summed E-state index contributed by atoms with van der Waals surface area (Å²) in [6.07, 6.45) is 4.98. The van der Waals surface area contributed by atoms with Crippen molar-refractivity contribution >= 4 is 15.7 Å². The quantitative estimate of drug-likeness (QED) is 0.825. The van der Waals surface area contributed by atoms with Gasteiger partial charge in [0.1, 0.15) is 0 Å². The Kier molecular flexibility index (Phi) is 5.38. The van der Waals surface area contributed by atoms with Crippen LogP contribution in [0.4, 0.5) is 0 Å². The van der Waals surface area contributed by atoms with Gasteiger partial charge in [-0.05, 0) is 56.4 Å². The number of aryl methyl sites for hydroxylation is 1. The summed E-state index contributed by atoms with van der Waals surface area (Å²) in [5.74, 6) is 0. The molecule has 26 heavy (non-hydrogen) atoms. The molecule has 6 heteroatoms. The molecule has 3 rings (SSSR count). The summed E-state index contributed by atoms with van der Waals surface area (Å²) < 4.78 is 25.7. The van der Waals surface area contributed by atoms with Crippen LogP contribution in [0.15, 0.2) is 52.5 Å². The maximum Gasteiger partial charge on any atom is 0.277 e. The predicted octanol–water partition coefficient (Wildman–Crippen LogP) is 4.13. The smallest absolute Gasteiger partial charge is 0.200 e. The van der Waals surface area contributed by atoms with E-state index in [1.807, 2.05) is 13.0 Å². The normalized spacial score (nSPS) is 14.5. The molecule has 1 saturated carbocycles. The Morgan fingerprint density at radius 2 is 1.73 bits per heavy atom. The molecule has 1 aliphatic rings. The molecular weight excluding hydrogens is 346 g/mol. The topological polar surface area (TPSA) is 82.3 Å². The van der Waals surface area contributed by atoms with Crippen molar-refractivity contribution in [1.29, 1.82) is 5.26 Å². The Hall–Kier alpha value is -2.65. The number of nitrogens with zero attached hydrogens (tertiary/aromatic N) is 2. The van der Waals surface area contributed by atoms with Crippen LogP contribution in [0.3, 0.4) is 0 Å². The third-order valence-electron chi connectivity index (χ3n) is 4.50. The number of rotatable bonds is 4. The zero-order chi connectivity index (χ0) is 18.6. The minimum Gasteiger partial charge on any atom is -0.200 e. The molecule has 0 atom stereocenters. The summed E-state index contributed by atoms with van der Waals surface area (Å²) in [6.45, 7) is 1.92. The van der Waals surface area contributed by atoms with E-state index >= 15 is 0 Å². The van der Waals surface area contributed by atoms with Crippen LogP contribution in [0.5, 0.6) is 0 Å². The molecule has 0 radical (unpaired) electrons. The maximum atomic E-state index is 12.8. The molecule has 2 aromatic carbocycles. The molecule has 0 saturated heterocycles. The first-order valence-electron chi connectivity index (χ1n) is 8.68. The number of benzene rings is 2. The zero-order valence-electron chi connectivity index (χ0n) is 14.7. The minimum atomic E-state index is -3.77. The van der Waals surface area contributed by atoms with Crippen LogP contribution in [0.1, 0.15) is 43.2 Å². The number of hydrogen-bond donors (Lipinski definition) is 1. The Morgan fingerprint density at radius 3 is 2.38 bits per heavy atom. The molecule has 0 amide bonds. The highest BCUT2D eigenvalue weighted by molar-refractivity contribution is 7.89. The van der Waals surface area contributed by atoms with E-state index in [0.29, 0.717) is 11.1 Å². The summed E-state index contributed by atoms with van der Waals surface area (Å²) >= 11 is 0. The first kappa shape index (κ1) is 18.2. The van der Waals surface area contributed by atoms with Crippen molar-refractivity contribution in [1.82, 2.24) is 4.83 Å². The Morgan fingerprint density at radius 1 is 1.04 bits per heavy atom. The van der Waals surface area contributed by atoms with E-state index in [1.165, 1.54) is 6.42 Å². The van der Waals surface area contributed by atoms with Gasteiger partial charge >= 0.3 is 0 Å². The highest BCUT2D eigenvalue weighted by atomic mass is 32.2. The van der Waals surface area contributed by atoms with Gasteiger partial charge in [0.25, 0.3) is 10.0 Å². The summed E-state index contributed by atoms with van der Waals surface area (Å²) in [4.78, 5) is 2.59. The average Bonchev–Trinajstić information content (AvgIpc) is 2.67. The number of hydrazone groups is 1. The van der Waals surface area contributed by atoms with Gasteiger partial charge in [0.05, 0.1) is 16.5 Å². The zero-order valence-corrected chi connectivity index (χ0v) is 15.5. The second kappa shape index (κ2) is 7.71. The minimum absolute atomic E-state index is 0.188. The van der Waals surface area contributed by atoms with Crippen molar-refractivity contribution in [3.63, 3.8) is 0 Å². The highest BCUT2D eigenvalue weighted by Crippen LogP contribution is 2.29. The van der Waals surface area contributed by atoms with Crippen molar-refractivity contribution in [2.45, 2.75) is 43.9 Å². The van der Waals surface area contributed by atoms with Crippen molar-refractivity contribution in [3.05, 3.63) is 53.6 Å². The lowest BCUT2D eigenvalue weighted by Crippen LogP contribution is -2.22. The van der Waals surface area contributed by atoms with Crippen LogP contribution >= 0.6 is 0 Å². The average molecular weight is 367 g/mol. The van der Waals surface area contributed by atoms with Crippen molar-refractivity contribution < 1.29 is 8.42 Å². The van der Waals surface area contributed by atoms with Gasteiger partial charge in [0.15, 0.2) is 0 Å². The molecule has 0 aromatic heterocycles. The van der Waals surface area contributed by atoms with Crippen molar-refractivity contribution in [3.8, 4) is 17.2 Å². The fraction of sp³-hybridized carbons (Fsp3) is 0.300. The fourth-order valence-electron chi connectivity index (χ4n) is 3.07. The molecule has 5 nitrogen and oxygen atoms in total. The second-order valence-electron chi connectivity index (χ2n) is 6.52. The SMILES string of the molecule is Cc1ccc(S(=O)(=O)NN=C2CCCCC2)c(-c2ccc(C#N)cc2)c1. The van der Waals surface area contributed by atoms with E-state index in [4.69, 9.17) is 5.26 Å². The van der Waals surface area contributed by atoms with Gasteiger partial charge in [-0.1, -0.05) is 36.2 Å². The molecule has 0 bridgehead atoms. The summed E-state index contributed by atoms with van der Waals surface area (Å²) in [6, 6.07) is 14.2. The van der Waals surface area contributed by atoms with E-state index < -0.39 is 10.0 Å². The lowest BCUT2D eigenvalue weighted by molar-refractivity contribution is 0.583. The standard InChI is InChI=1S/C20H21N3O2S/c1-15-7-12-20(19(13-15)17-10-8-16(14-21)9-11-17)26(24,25)23-22-18-5-3-2-4-6-18/h7-13,23H,2-6H2,1H3. The van der Waals surface area contributed by atoms with Crippen molar-refractivity contribution in [2.75, 3.05) is 0 Å². The van der Waals surface area contributed by atoms with Gasteiger partial charge in [-0.25, -0.2) is 4.83 Å². The fourth-order valence-corrected chi connectivity index (χ4v) is 4.13. The molecular formula is C20H21N3O2S. The van der Waals surface area contributed by atoms with Gasteiger partial charge in [-0.3, -0.25) is 0 Å². The van der Waals surface area contributed by atoms with E-state index in [0.717, 1.165) is 42.5 Å². The van der Waals surface area contributed by atoms with Crippen LogP contribution in [0, 0.1) is 18.3 Å². The molecule has 0 spiro atoms. The lowest BCUT2D eigenvalue weighted by atomic mass is 9.99. The van der Waals surface area contributed by atoms with Gasteiger partial charge in [0.2, 0.25) is 0 Å². The van der Waals surface area contributed by atoms with Crippen LogP contribution in [-0.4, -0.2) is 14.1 Å². The van der Waals surface area contributed by atoms with Gasteiger partial charge in [-0.15, -0.1) is 0 Å². The van der Waals surface area contributed by atoms with Crippen LogP contribution < -0.4 is 4.83 Å². The van der Waals surface area contributed by atoms with Gasteiger partial charge in [-0.2, -0.15) is 18.8 Å². The number of nitrogens with one attached hydrogen (secondary N) is 1. The Labute approximate surface area is 154 Å². The molecule has 1 aliphatic carbocycles. The van der Waals surface area contributed by atoms with E-state index in [1.54, 1.807) is 36.4 Å². The van der Waals surface area contributed by atoms with Gasteiger partial charge in [0, 0.05) is 11.3 Å². The third kappa shape index (κ3) is 4.12. The molecule has 1 N–H and O–H groups in total. The molecule has 0 heterocycles. The van der Waals surface area contributed by atoms with E-state index in [9.17, 15) is 8.42 Å². The van der Waals surface area contributed by atoms with Crippen molar-refractivity contribution in [2.24, 2.45) is 5.10 Å². The highest BCUT2D eigenvalue weighted by Gasteiger charge is 2.20. The maximum absolute atomic E-state index is 12.8. The lowest BCUT2D eigenvalue weighted by Gasteiger charge is -2.14. The molecule has 134 valence electrons. The first-order valence-corrected chi connectivity index (χ1v) is 10.2. The van der Waals surface area contributed by atoms with Crippen LogP contribution in [0.2, 0.25) is 0 Å². The third-order valence-corrected chi connectivity index (χ3v) is 5.77. The Bertz CT molecular complexity index is 963. The summed E-state index contributed by atoms with van der Waals surface area (Å²) in [5, 5.41) is 13.1. The molecule has 2 aromatic rings. The van der Waals surface area contributed by atoms with E-state index in [-0.39, 0.29) is 4.90 Å².